The number of fused-ring (bicyclic) bond motifs is 1. The molecule has 1 aliphatic rings. The first kappa shape index (κ1) is 10.9. The zero-order valence-corrected chi connectivity index (χ0v) is 10.0. The number of hydrogen-bond donors (Lipinski definition) is 1. The van der Waals surface area contributed by atoms with Crippen molar-refractivity contribution in [1.82, 2.24) is 19.7 Å². The van der Waals surface area contributed by atoms with Crippen LogP contribution in [0.4, 0.5) is 0 Å². The molecule has 0 aliphatic heterocycles. The molecule has 0 bridgehead atoms. The predicted octanol–water partition coefficient (Wildman–Crippen LogP) is 1.96. The largest absolute Gasteiger partial charge is 0.393 e. The lowest BCUT2D eigenvalue weighted by Crippen LogP contribution is -2.23. The van der Waals surface area contributed by atoms with Gasteiger partial charge in [-0.05, 0) is 37.3 Å². The summed E-state index contributed by atoms with van der Waals surface area (Å²) in [5.74, 6) is 0. The molecule has 1 fully saturated rings. The highest BCUT2D eigenvalue weighted by Gasteiger charge is 2.23. The lowest BCUT2D eigenvalue weighted by Gasteiger charge is -2.26. The molecule has 1 N–H and O–H groups in total. The Morgan fingerprint density at radius 3 is 3.06 bits per heavy atom. The van der Waals surface area contributed by atoms with Crippen molar-refractivity contribution in [2.45, 2.75) is 37.8 Å². The first-order valence-electron chi connectivity index (χ1n) is 5.78. The second-order valence-corrected chi connectivity index (χ2v) is 4.82. The molecule has 6 heteroatoms. The average molecular weight is 253 g/mol. The summed E-state index contributed by atoms with van der Waals surface area (Å²) < 4.78 is 1.87. The standard InChI is InChI=1S/C11H13ClN4O/c12-11-13-5-7-6-14-16(10(7)15-11)8-2-1-3-9(17)4-8/h5-6,8-9,17H,1-4H2. The fraction of sp³-hybridized carbons (Fsp3) is 0.545. The minimum absolute atomic E-state index is 0.210. The number of rotatable bonds is 1. The maximum Gasteiger partial charge on any atom is 0.224 e. The minimum atomic E-state index is -0.231. The molecule has 2 heterocycles. The van der Waals surface area contributed by atoms with Gasteiger partial charge in [-0.3, -0.25) is 0 Å². The summed E-state index contributed by atoms with van der Waals surface area (Å²) in [4.78, 5) is 8.14. The number of aromatic nitrogens is 4. The van der Waals surface area contributed by atoms with Crippen LogP contribution in [0, 0.1) is 0 Å². The van der Waals surface area contributed by atoms with Crippen molar-refractivity contribution < 1.29 is 5.11 Å². The van der Waals surface area contributed by atoms with Crippen molar-refractivity contribution in [3.8, 4) is 0 Å². The average Bonchev–Trinajstić information content (AvgIpc) is 2.71. The molecule has 1 saturated carbocycles. The van der Waals surface area contributed by atoms with E-state index in [2.05, 4.69) is 15.1 Å². The van der Waals surface area contributed by atoms with Crippen molar-refractivity contribution in [1.29, 1.82) is 0 Å². The van der Waals surface area contributed by atoms with Gasteiger partial charge in [-0.1, -0.05) is 0 Å². The van der Waals surface area contributed by atoms with Crippen LogP contribution < -0.4 is 0 Å². The van der Waals surface area contributed by atoms with E-state index in [-0.39, 0.29) is 17.4 Å². The maximum absolute atomic E-state index is 9.71. The summed E-state index contributed by atoms with van der Waals surface area (Å²) in [6.45, 7) is 0. The summed E-state index contributed by atoms with van der Waals surface area (Å²) in [7, 11) is 0. The van der Waals surface area contributed by atoms with Crippen LogP contribution >= 0.6 is 11.6 Å². The summed E-state index contributed by atoms with van der Waals surface area (Å²) in [5, 5.41) is 15.2. The second kappa shape index (κ2) is 4.23. The van der Waals surface area contributed by atoms with E-state index in [9.17, 15) is 5.11 Å². The van der Waals surface area contributed by atoms with Gasteiger partial charge >= 0.3 is 0 Å². The zero-order chi connectivity index (χ0) is 11.8. The van der Waals surface area contributed by atoms with Gasteiger partial charge in [0.1, 0.15) is 0 Å². The molecule has 17 heavy (non-hydrogen) atoms. The third-order valence-electron chi connectivity index (χ3n) is 3.27. The third kappa shape index (κ3) is 2.00. The van der Waals surface area contributed by atoms with Crippen LogP contribution in [0.25, 0.3) is 11.0 Å². The SMILES string of the molecule is OC1CCCC(n2ncc3cnc(Cl)nc32)C1. The summed E-state index contributed by atoms with van der Waals surface area (Å²) in [6.07, 6.45) is 6.84. The molecule has 90 valence electrons. The highest BCUT2D eigenvalue weighted by Crippen LogP contribution is 2.30. The van der Waals surface area contributed by atoms with Crippen LogP contribution in [0.3, 0.4) is 0 Å². The molecule has 5 nitrogen and oxygen atoms in total. The quantitative estimate of drug-likeness (QED) is 0.788. The van der Waals surface area contributed by atoms with Gasteiger partial charge in [0.05, 0.1) is 23.7 Å². The molecule has 0 amide bonds. The Hall–Kier alpha value is -1.20. The second-order valence-electron chi connectivity index (χ2n) is 4.48. The lowest BCUT2D eigenvalue weighted by molar-refractivity contribution is 0.101. The van der Waals surface area contributed by atoms with E-state index in [0.717, 1.165) is 36.7 Å². The molecule has 0 spiro atoms. The van der Waals surface area contributed by atoms with Crippen molar-refractivity contribution >= 4 is 22.6 Å². The molecule has 0 saturated heterocycles. The highest BCUT2D eigenvalue weighted by molar-refractivity contribution is 6.28. The molecule has 0 aromatic carbocycles. The van der Waals surface area contributed by atoms with Gasteiger partial charge in [-0.15, -0.1) is 0 Å². The zero-order valence-electron chi connectivity index (χ0n) is 9.25. The molecular weight excluding hydrogens is 240 g/mol. The van der Waals surface area contributed by atoms with Crippen LogP contribution in [0.5, 0.6) is 0 Å². The van der Waals surface area contributed by atoms with Crippen LogP contribution in [0.2, 0.25) is 5.28 Å². The molecule has 2 atom stereocenters. The molecule has 3 rings (SSSR count). The smallest absolute Gasteiger partial charge is 0.224 e. The van der Waals surface area contributed by atoms with E-state index in [1.165, 1.54) is 0 Å². The van der Waals surface area contributed by atoms with Gasteiger partial charge in [0.15, 0.2) is 5.65 Å². The molecule has 2 aromatic heterocycles. The van der Waals surface area contributed by atoms with Gasteiger partial charge in [0, 0.05) is 6.20 Å². The Kier molecular flexibility index (Phi) is 2.72. The van der Waals surface area contributed by atoms with Gasteiger partial charge in [0.25, 0.3) is 0 Å². The Morgan fingerprint density at radius 1 is 1.35 bits per heavy atom. The lowest BCUT2D eigenvalue weighted by atomic mass is 9.93. The van der Waals surface area contributed by atoms with E-state index in [1.54, 1.807) is 12.4 Å². The number of aliphatic hydroxyl groups is 1. The van der Waals surface area contributed by atoms with Crippen LogP contribution in [-0.2, 0) is 0 Å². The Labute approximate surface area is 103 Å². The van der Waals surface area contributed by atoms with E-state index in [4.69, 9.17) is 11.6 Å². The first-order valence-corrected chi connectivity index (χ1v) is 6.15. The first-order chi connectivity index (χ1) is 8.24. The topological polar surface area (TPSA) is 63.8 Å². The fourth-order valence-electron chi connectivity index (χ4n) is 2.44. The minimum Gasteiger partial charge on any atom is -0.393 e. The van der Waals surface area contributed by atoms with Gasteiger partial charge in [-0.2, -0.15) is 10.1 Å². The van der Waals surface area contributed by atoms with Gasteiger partial charge in [-0.25, -0.2) is 9.67 Å². The summed E-state index contributed by atoms with van der Waals surface area (Å²) >= 11 is 5.80. The van der Waals surface area contributed by atoms with Crippen LogP contribution in [0.1, 0.15) is 31.7 Å². The number of halogens is 1. The van der Waals surface area contributed by atoms with Crippen molar-refractivity contribution in [2.75, 3.05) is 0 Å². The normalized spacial score (nSPS) is 25.3. The molecule has 1 aliphatic carbocycles. The Bertz CT molecular complexity index is 541. The molecule has 0 radical (unpaired) electrons. The van der Waals surface area contributed by atoms with Crippen LogP contribution in [-0.4, -0.2) is 31.0 Å². The van der Waals surface area contributed by atoms with Crippen molar-refractivity contribution in [2.24, 2.45) is 0 Å². The van der Waals surface area contributed by atoms with Crippen LogP contribution in [0.15, 0.2) is 12.4 Å². The number of nitrogens with zero attached hydrogens (tertiary/aromatic N) is 4. The maximum atomic E-state index is 9.71. The Balaban J connectivity index is 2.01. The highest BCUT2D eigenvalue weighted by atomic mass is 35.5. The fourth-order valence-corrected chi connectivity index (χ4v) is 2.57. The van der Waals surface area contributed by atoms with Crippen molar-refractivity contribution in [3.05, 3.63) is 17.7 Å². The monoisotopic (exact) mass is 252 g/mol. The number of hydrogen-bond acceptors (Lipinski definition) is 4. The number of aliphatic hydroxyl groups excluding tert-OH is 1. The van der Waals surface area contributed by atoms with Crippen molar-refractivity contribution in [3.63, 3.8) is 0 Å². The molecule has 2 unspecified atom stereocenters. The predicted molar refractivity (Wildman–Crippen MR) is 63.8 cm³/mol. The third-order valence-corrected chi connectivity index (χ3v) is 3.45. The van der Waals surface area contributed by atoms with E-state index in [0.29, 0.717) is 0 Å². The van der Waals surface area contributed by atoms with E-state index < -0.39 is 0 Å². The van der Waals surface area contributed by atoms with E-state index in [1.807, 2.05) is 4.68 Å². The molecule has 2 aromatic rings. The van der Waals surface area contributed by atoms with Gasteiger partial charge in [0.2, 0.25) is 5.28 Å². The summed E-state index contributed by atoms with van der Waals surface area (Å²) in [5.41, 5.74) is 0.754. The Morgan fingerprint density at radius 2 is 2.24 bits per heavy atom. The summed E-state index contributed by atoms with van der Waals surface area (Å²) in [6, 6.07) is 0.210. The van der Waals surface area contributed by atoms with Gasteiger partial charge < -0.3 is 5.11 Å². The van der Waals surface area contributed by atoms with E-state index >= 15 is 0 Å². The molecular formula is C11H13ClN4O.